The molecule has 2 aromatic heterocycles. The van der Waals surface area contributed by atoms with Crippen LogP contribution in [0.1, 0.15) is 5.56 Å². The van der Waals surface area contributed by atoms with Crippen LogP contribution in [0.4, 0.5) is 0 Å². The Morgan fingerprint density at radius 3 is 2.23 bits per heavy atom. The fourth-order valence-electron chi connectivity index (χ4n) is 5.97. The van der Waals surface area contributed by atoms with E-state index in [1.54, 1.807) is 0 Å². The number of aryl methyl sites for hydroxylation is 1. The van der Waals surface area contributed by atoms with E-state index in [0.29, 0.717) is 0 Å². The largest absolute Gasteiger partial charge is 0.455 e. The maximum Gasteiger partial charge on any atom is 0.146 e. The van der Waals surface area contributed by atoms with Crippen molar-refractivity contribution in [3.63, 3.8) is 0 Å². The van der Waals surface area contributed by atoms with Crippen LogP contribution in [-0.2, 0) is 0 Å². The molecule has 6 aromatic carbocycles. The second-order valence-electron chi connectivity index (χ2n) is 9.43. The number of benzene rings is 6. The molecule has 0 fully saturated rings. The van der Waals surface area contributed by atoms with E-state index in [0.717, 1.165) is 16.6 Å². The fourth-order valence-corrected chi connectivity index (χ4v) is 5.97. The van der Waals surface area contributed by atoms with Crippen molar-refractivity contribution >= 4 is 65.3 Å². The number of hydrogen-bond donors (Lipinski definition) is 0. The third-order valence-electron chi connectivity index (χ3n) is 7.39. The van der Waals surface area contributed by atoms with E-state index in [1.165, 1.54) is 60.0 Å². The second-order valence-corrected chi connectivity index (χ2v) is 9.43. The molecule has 35 heavy (non-hydrogen) atoms. The summed E-state index contributed by atoms with van der Waals surface area (Å²) in [6.45, 7) is 2.15. The Bertz CT molecular complexity index is 2120. The van der Waals surface area contributed by atoms with Gasteiger partial charge in [-0.25, -0.2) is 0 Å². The highest BCUT2D eigenvalue weighted by atomic mass is 16.3. The number of aromatic nitrogens is 1. The molecule has 2 heterocycles. The molecule has 2 heteroatoms. The average Bonchev–Trinajstić information content (AvgIpc) is 3.44. The van der Waals surface area contributed by atoms with Gasteiger partial charge in [0, 0.05) is 27.2 Å². The number of fused-ring (bicyclic) bond motifs is 12. The maximum absolute atomic E-state index is 6.68. The van der Waals surface area contributed by atoms with E-state index in [2.05, 4.69) is 121 Å². The summed E-state index contributed by atoms with van der Waals surface area (Å²) in [6, 6.07) is 39.1. The Labute approximate surface area is 201 Å². The lowest BCUT2D eigenvalue weighted by Gasteiger charge is -2.11. The van der Waals surface area contributed by atoms with Crippen LogP contribution in [-0.4, -0.2) is 4.57 Å². The predicted octanol–water partition coefficient (Wildman–Crippen LogP) is 9.30. The van der Waals surface area contributed by atoms with E-state index >= 15 is 0 Å². The Morgan fingerprint density at radius 2 is 1.34 bits per heavy atom. The molecule has 0 unspecified atom stereocenters. The van der Waals surface area contributed by atoms with Gasteiger partial charge in [0.05, 0.1) is 16.4 Å². The van der Waals surface area contributed by atoms with Gasteiger partial charge in [-0.05, 0) is 52.9 Å². The highest BCUT2D eigenvalue weighted by Gasteiger charge is 2.23. The van der Waals surface area contributed by atoms with Crippen molar-refractivity contribution in [3.05, 3.63) is 115 Å². The first-order chi connectivity index (χ1) is 17.3. The van der Waals surface area contributed by atoms with Crippen LogP contribution in [0.5, 0.6) is 0 Å². The van der Waals surface area contributed by atoms with Crippen LogP contribution in [0.2, 0.25) is 0 Å². The first-order valence-electron chi connectivity index (χ1n) is 12.0. The molecule has 0 atom stereocenters. The molecule has 0 saturated carbocycles. The predicted molar refractivity (Wildman–Crippen MR) is 148 cm³/mol. The molecule has 0 aliphatic carbocycles. The summed E-state index contributed by atoms with van der Waals surface area (Å²) in [5, 5.41) is 9.74. The van der Waals surface area contributed by atoms with Gasteiger partial charge in [0.1, 0.15) is 11.2 Å². The Morgan fingerprint density at radius 1 is 0.571 bits per heavy atom. The first kappa shape index (κ1) is 18.8. The van der Waals surface area contributed by atoms with Crippen molar-refractivity contribution in [1.82, 2.24) is 4.57 Å². The molecule has 164 valence electrons. The smallest absolute Gasteiger partial charge is 0.146 e. The summed E-state index contributed by atoms with van der Waals surface area (Å²) in [5.41, 5.74) is 6.71. The van der Waals surface area contributed by atoms with Gasteiger partial charge in [-0.1, -0.05) is 84.9 Å². The van der Waals surface area contributed by atoms with Gasteiger partial charge in [-0.2, -0.15) is 0 Å². The molecule has 2 nitrogen and oxygen atoms in total. The number of furan rings is 1. The fraction of sp³-hybridized carbons (Fsp3) is 0.0303. The quantitative estimate of drug-likeness (QED) is 0.229. The molecule has 8 rings (SSSR count). The summed E-state index contributed by atoms with van der Waals surface area (Å²) in [6.07, 6.45) is 0. The minimum atomic E-state index is 0.922. The van der Waals surface area contributed by atoms with Gasteiger partial charge in [0.2, 0.25) is 0 Å². The molecular formula is C33H21NO. The molecule has 8 aromatic rings. The van der Waals surface area contributed by atoms with Crippen LogP contribution < -0.4 is 0 Å². The van der Waals surface area contributed by atoms with Crippen LogP contribution in [0, 0.1) is 6.92 Å². The lowest BCUT2D eigenvalue weighted by atomic mass is 9.95. The second kappa shape index (κ2) is 6.74. The van der Waals surface area contributed by atoms with E-state index < -0.39 is 0 Å². The molecule has 0 radical (unpaired) electrons. The van der Waals surface area contributed by atoms with Crippen molar-refractivity contribution in [2.75, 3.05) is 0 Å². The standard InChI is InChI=1S/C33H21NO/c1-20-9-8-11-22(19-20)34-27-15-6-4-13-24(27)29-26-18-17-21-10-2-3-12-23(21)30(26)33-31(32(29)34)25-14-5-7-16-28(25)35-33/h2-19H,1H3. The van der Waals surface area contributed by atoms with Gasteiger partial charge in [0.25, 0.3) is 0 Å². The zero-order valence-electron chi connectivity index (χ0n) is 19.2. The van der Waals surface area contributed by atoms with Crippen LogP contribution in [0.25, 0.3) is 71.0 Å². The van der Waals surface area contributed by atoms with E-state index in [4.69, 9.17) is 4.42 Å². The van der Waals surface area contributed by atoms with Crippen molar-refractivity contribution in [2.24, 2.45) is 0 Å². The van der Waals surface area contributed by atoms with Gasteiger partial charge in [0.15, 0.2) is 0 Å². The monoisotopic (exact) mass is 447 g/mol. The average molecular weight is 448 g/mol. The van der Waals surface area contributed by atoms with Crippen LogP contribution in [0.15, 0.2) is 114 Å². The van der Waals surface area contributed by atoms with Crippen LogP contribution >= 0.6 is 0 Å². The SMILES string of the molecule is Cc1cccc(-n2c3ccccc3c3c4ccc5ccccc5c4c4oc5ccccc5c4c32)c1. The molecule has 0 aliphatic rings. The van der Waals surface area contributed by atoms with Gasteiger partial charge >= 0.3 is 0 Å². The summed E-state index contributed by atoms with van der Waals surface area (Å²) in [5.74, 6) is 0. The molecule has 0 spiro atoms. The van der Waals surface area contributed by atoms with Crippen molar-refractivity contribution in [3.8, 4) is 5.69 Å². The lowest BCUT2D eigenvalue weighted by molar-refractivity contribution is 0.673. The Kier molecular flexibility index (Phi) is 3.62. The zero-order chi connectivity index (χ0) is 23.1. The Balaban J connectivity index is 1.78. The van der Waals surface area contributed by atoms with Crippen LogP contribution in [0.3, 0.4) is 0 Å². The number of para-hydroxylation sites is 2. The topological polar surface area (TPSA) is 18.1 Å². The molecule has 0 bridgehead atoms. The van der Waals surface area contributed by atoms with Crippen molar-refractivity contribution < 1.29 is 4.42 Å². The number of rotatable bonds is 1. The summed E-state index contributed by atoms with van der Waals surface area (Å²) in [7, 11) is 0. The highest BCUT2D eigenvalue weighted by molar-refractivity contribution is 6.38. The van der Waals surface area contributed by atoms with Crippen molar-refractivity contribution in [1.29, 1.82) is 0 Å². The minimum absolute atomic E-state index is 0.922. The maximum atomic E-state index is 6.68. The third kappa shape index (κ3) is 2.43. The summed E-state index contributed by atoms with van der Waals surface area (Å²) < 4.78 is 9.11. The molecule has 0 N–H and O–H groups in total. The van der Waals surface area contributed by atoms with E-state index in [9.17, 15) is 0 Å². The van der Waals surface area contributed by atoms with E-state index in [-0.39, 0.29) is 0 Å². The molecular weight excluding hydrogens is 426 g/mol. The molecule has 0 aliphatic heterocycles. The zero-order valence-corrected chi connectivity index (χ0v) is 19.2. The molecule has 0 saturated heterocycles. The summed E-state index contributed by atoms with van der Waals surface area (Å²) >= 11 is 0. The number of nitrogens with zero attached hydrogens (tertiary/aromatic N) is 1. The minimum Gasteiger partial charge on any atom is -0.455 e. The lowest BCUT2D eigenvalue weighted by Crippen LogP contribution is -1.95. The number of hydrogen-bond acceptors (Lipinski definition) is 1. The van der Waals surface area contributed by atoms with Gasteiger partial charge in [-0.3, -0.25) is 0 Å². The van der Waals surface area contributed by atoms with Crippen molar-refractivity contribution in [2.45, 2.75) is 6.92 Å². The molecule has 0 amide bonds. The van der Waals surface area contributed by atoms with Gasteiger partial charge in [-0.15, -0.1) is 0 Å². The first-order valence-corrected chi connectivity index (χ1v) is 12.0. The Hall–Kier alpha value is -4.56. The summed E-state index contributed by atoms with van der Waals surface area (Å²) in [4.78, 5) is 0. The van der Waals surface area contributed by atoms with Gasteiger partial charge < -0.3 is 8.98 Å². The normalized spacial score (nSPS) is 12.1. The van der Waals surface area contributed by atoms with E-state index in [1.807, 2.05) is 0 Å². The third-order valence-corrected chi connectivity index (χ3v) is 7.39. The highest BCUT2D eigenvalue weighted by Crippen LogP contribution is 2.47.